The number of ether oxygens (including phenoxy) is 1. The fourth-order valence-electron chi connectivity index (χ4n) is 2.90. The van der Waals surface area contributed by atoms with E-state index >= 15 is 0 Å². The Bertz CT molecular complexity index is 241. The fourth-order valence-corrected chi connectivity index (χ4v) is 3.55. The zero-order valence-electron chi connectivity index (χ0n) is 8.59. The molecule has 2 saturated carbocycles. The van der Waals surface area contributed by atoms with E-state index in [0.29, 0.717) is 18.9 Å². The summed E-state index contributed by atoms with van der Waals surface area (Å²) in [5.74, 6) is 0.518. The van der Waals surface area contributed by atoms with Crippen LogP contribution in [-0.2, 0) is 9.53 Å². The predicted octanol–water partition coefficient (Wildman–Crippen LogP) is 2.74. The summed E-state index contributed by atoms with van der Waals surface area (Å²) in [6.07, 6.45) is 5.36. The number of fused-ring (bicyclic) bond motifs is 1. The monoisotopic (exact) mass is 216 g/mol. The first-order valence-corrected chi connectivity index (χ1v) is 5.94. The molecule has 0 heterocycles. The van der Waals surface area contributed by atoms with Gasteiger partial charge in [-0.2, -0.15) is 0 Å². The second kappa shape index (κ2) is 3.73. The lowest BCUT2D eigenvalue weighted by Gasteiger charge is -2.20. The highest BCUT2D eigenvalue weighted by Crippen LogP contribution is 2.66. The minimum atomic E-state index is -0.0671. The van der Waals surface area contributed by atoms with E-state index < -0.39 is 0 Å². The maximum absolute atomic E-state index is 11.4. The molecule has 14 heavy (non-hydrogen) atoms. The molecule has 2 rings (SSSR count). The molecule has 2 nitrogen and oxygen atoms in total. The summed E-state index contributed by atoms with van der Waals surface area (Å²) in [7, 11) is 0. The summed E-state index contributed by atoms with van der Waals surface area (Å²) in [5.41, 5.74) is 0.117. The zero-order chi connectivity index (χ0) is 10.2. The van der Waals surface area contributed by atoms with Gasteiger partial charge in [-0.15, -0.1) is 11.6 Å². The first kappa shape index (κ1) is 10.3. The number of rotatable bonds is 3. The number of hydrogen-bond acceptors (Lipinski definition) is 2. The van der Waals surface area contributed by atoms with E-state index in [0.717, 1.165) is 6.42 Å². The molecule has 0 spiro atoms. The van der Waals surface area contributed by atoms with Crippen LogP contribution in [0, 0.1) is 11.3 Å². The van der Waals surface area contributed by atoms with Gasteiger partial charge in [0.25, 0.3) is 0 Å². The van der Waals surface area contributed by atoms with Crippen LogP contribution in [0.25, 0.3) is 0 Å². The van der Waals surface area contributed by atoms with Crippen molar-refractivity contribution in [3.05, 3.63) is 0 Å². The van der Waals surface area contributed by atoms with Gasteiger partial charge in [0.05, 0.1) is 13.0 Å². The number of esters is 1. The van der Waals surface area contributed by atoms with Gasteiger partial charge in [-0.05, 0) is 25.7 Å². The van der Waals surface area contributed by atoms with E-state index in [2.05, 4.69) is 0 Å². The maximum atomic E-state index is 11.4. The van der Waals surface area contributed by atoms with Gasteiger partial charge >= 0.3 is 5.97 Å². The zero-order valence-corrected chi connectivity index (χ0v) is 9.35. The Labute approximate surface area is 90.0 Å². The second-order valence-corrected chi connectivity index (χ2v) is 4.94. The van der Waals surface area contributed by atoms with E-state index in [1.807, 2.05) is 6.92 Å². The molecule has 80 valence electrons. The van der Waals surface area contributed by atoms with Crippen molar-refractivity contribution in [2.75, 3.05) is 6.61 Å². The lowest BCUT2D eigenvalue weighted by atomic mass is 9.86. The number of alkyl halides is 1. The SMILES string of the molecule is CCOC(=O)CC12CCCCC1C2Cl. The van der Waals surface area contributed by atoms with Crippen LogP contribution in [0.1, 0.15) is 39.0 Å². The summed E-state index contributed by atoms with van der Waals surface area (Å²) >= 11 is 6.25. The molecule has 0 aliphatic heterocycles. The van der Waals surface area contributed by atoms with Crippen molar-refractivity contribution < 1.29 is 9.53 Å². The molecular weight excluding hydrogens is 200 g/mol. The molecule has 0 aromatic carbocycles. The Hall–Kier alpha value is -0.240. The molecule has 0 saturated heterocycles. The first-order valence-electron chi connectivity index (χ1n) is 5.50. The third kappa shape index (κ3) is 1.54. The molecule has 2 aliphatic rings. The average molecular weight is 217 g/mol. The number of carbonyl (C=O) groups is 1. The van der Waals surface area contributed by atoms with Crippen molar-refractivity contribution in [3.63, 3.8) is 0 Å². The molecule has 2 aliphatic carbocycles. The number of halogens is 1. The van der Waals surface area contributed by atoms with Crippen molar-refractivity contribution >= 4 is 17.6 Å². The highest BCUT2D eigenvalue weighted by Gasteiger charge is 2.64. The van der Waals surface area contributed by atoms with Crippen LogP contribution in [0.5, 0.6) is 0 Å². The molecule has 0 aromatic heterocycles. The van der Waals surface area contributed by atoms with Gasteiger partial charge in [0.2, 0.25) is 0 Å². The molecule has 0 amide bonds. The van der Waals surface area contributed by atoms with Crippen LogP contribution < -0.4 is 0 Å². The summed E-state index contributed by atoms with van der Waals surface area (Å²) in [5, 5.41) is 0.231. The van der Waals surface area contributed by atoms with Gasteiger partial charge in [-0.25, -0.2) is 0 Å². The predicted molar refractivity (Wildman–Crippen MR) is 55.3 cm³/mol. The Morgan fingerprint density at radius 2 is 2.36 bits per heavy atom. The van der Waals surface area contributed by atoms with Crippen LogP contribution in [-0.4, -0.2) is 18.0 Å². The minimum Gasteiger partial charge on any atom is -0.466 e. The van der Waals surface area contributed by atoms with Crippen LogP contribution in [0.2, 0.25) is 0 Å². The molecule has 0 aromatic rings. The van der Waals surface area contributed by atoms with Gasteiger partial charge in [0.15, 0.2) is 0 Å². The quantitative estimate of drug-likeness (QED) is 0.536. The van der Waals surface area contributed by atoms with Crippen LogP contribution in [0.3, 0.4) is 0 Å². The fraction of sp³-hybridized carbons (Fsp3) is 0.909. The smallest absolute Gasteiger partial charge is 0.306 e. The Morgan fingerprint density at radius 1 is 1.57 bits per heavy atom. The van der Waals surface area contributed by atoms with Gasteiger partial charge in [-0.1, -0.05) is 12.8 Å². The Balaban J connectivity index is 1.93. The maximum Gasteiger partial charge on any atom is 0.306 e. The summed E-state index contributed by atoms with van der Waals surface area (Å²) < 4.78 is 4.99. The minimum absolute atomic E-state index is 0.0671. The van der Waals surface area contributed by atoms with Gasteiger partial charge in [0, 0.05) is 10.8 Å². The molecule has 0 radical (unpaired) electrons. The van der Waals surface area contributed by atoms with Crippen molar-refractivity contribution in [3.8, 4) is 0 Å². The lowest BCUT2D eigenvalue weighted by molar-refractivity contribution is -0.144. The highest BCUT2D eigenvalue weighted by molar-refractivity contribution is 6.23. The van der Waals surface area contributed by atoms with Gasteiger partial charge in [-0.3, -0.25) is 4.79 Å². The summed E-state index contributed by atoms with van der Waals surface area (Å²) in [6.45, 7) is 2.32. The molecule has 3 unspecified atom stereocenters. The van der Waals surface area contributed by atoms with Crippen molar-refractivity contribution in [2.24, 2.45) is 11.3 Å². The first-order chi connectivity index (χ1) is 6.70. The van der Waals surface area contributed by atoms with E-state index in [-0.39, 0.29) is 16.8 Å². The molecule has 0 bridgehead atoms. The summed E-state index contributed by atoms with van der Waals surface area (Å²) in [4.78, 5) is 11.4. The van der Waals surface area contributed by atoms with Gasteiger partial charge < -0.3 is 4.74 Å². The van der Waals surface area contributed by atoms with Crippen molar-refractivity contribution in [2.45, 2.75) is 44.4 Å². The third-order valence-electron chi connectivity index (χ3n) is 3.72. The van der Waals surface area contributed by atoms with E-state index in [4.69, 9.17) is 16.3 Å². The van der Waals surface area contributed by atoms with Crippen LogP contribution >= 0.6 is 11.6 Å². The summed E-state index contributed by atoms with van der Waals surface area (Å²) in [6, 6.07) is 0. The van der Waals surface area contributed by atoms with Crippen molar-refractivity contribution in [1.29, 1.82) is 0 Å². The lowest BCUT2D eigenvalue weighted by Crippen LogP contribution is -2.17. The highest BCUT2D eigenvalue weighted by atomic mass is 35.5. The Morgan fingerprint density at radius 3 is 3.00 bits per heavy atom. The van der Waals surface area contributed by atoms with E-state index in [1.165, 1.54) is 19.3 Å². The Kier molecular flexibility index (Phi) is 2.74. The molecule has 3 atom stereocenters. The largest absolute Gasteiger partial charge is 0.466 e. The standard InChI is InChI=1S/C11H17ClO2/c1-2-14-9(13)7-11-6-4-3-5-8(11)10(11)12/h8,10H,2-7H2,1H3. The molecule has 0 N–H and O–H groups in total. The van der Waals surface area contributed by atoms with Crippen LogP contribution in [0.4, 0.5) is 0 Å². The second-order valence-electron chi connectivity index (χ2n) is 4.47. The van der Waals surface area contributed by atoms with E-state index in [9.17, 15) is 4.79 Å². The molecule has 3 heteroatoms. The molecular formula is C11H17ClO2. The van der Waals surface area contributed by atoms with Crippen LogP contribution in [0.15, 0.2) is 0 Å². The number of carbonyl (C=O) groups excluding carboxylic acids is 1. The topological polar surface area (TPSA) is 26.3 Å². The van der Waals surface area contributed by atoms with Gasteiger partial charge in [0.1, 0.15) is 0 Å². The average Bonchev–Trinajstić information content (AvgIpc) is 2.73. The third-order valence-corrected chi connectivity index (χ3v) is 4.46. The van der Waals surface area contributed by atoms with E-state index in [1.54, 1.807) is 0 Å². The van der Waals surface area contributed by atoms with Crippen molar-refractivity contribution in [1.82, 2.24) is 0 Å². The normalized spacial score (nSPS) is 40.1. The molecule has 2 fully saturated rings. The number of hydrogen-bond donors (Lipinski definition) is 0.